The number of Topliss-reactive ketones (excluding diaryl/α,β-unsaturated/α-hetero) is 1. The van der Waals surface area contributed by atoms with Crippen molar-refractivity contribution in [3.63, 3.8) is 0 Å². The molecule has 0 amide bonds. The number of rotatable bonds is 3. The predicted molar refractivity (Wildman–Crippen MR) is 74.5 cm³/mol. The molecule has 1 aliphatic carbocycles. The summed E-state index contributed by atoms with van der Waals surface area (Å²) in [5.74, 6) is 0.954. The van der Waals surface area contributed by atoms with Crippen molar-refractivity contribution in [1.29, 1.82) is 0 Å². The highest BCUT2D eigenvalue weighted by Gasteiger charge is 2.20. The van der Waals surface area contributed by atoms with Gasteiger partial charge < -0.3 is 0 Å². The topological polar surface area (TPSA) is 17.1 Å². The van der Waals surface area contributed by atoms with Crippen LogP contribution in [0.25, 0.3) is 0 Å². The van der Waals surface area contributed by atoms with Crippen LogP contribution in [0.1, 0.15) is 53.6 Å². The smallest absolute Gasteiger partial charge is 0.163 e. The summed E-state index contributed by atoms with van der Waals surface area (Å²) in [4.78, 5) is 12.3. The molecule has 2 rings (SSSR count). The zero-order valence-electron chi connectivity index (χ0n) is 10.6. The number of aryl methyl sites for hydroxylation is 2. The minimum atomic E-state index is 0.324. The normalized spacial score (nSPS) is 16.4. The van der Waals surface area contributed by atoms with E-state index >= 15 is 0 Å². The predicted octanol–water partition coefficient (Wildman–Crippen LogP) is 4.83. The van der Waals surface area contributed by atoms with Crippen LogP contribution in [0, 0.1) is 19.8 Å². The largest absolute Gasteiger partial charge is 0.294 e. The van der Waals surface area contributed by atoms with E-state index < -0.39 is 0 Å². The van der Waals surface area contributed by atoms with E-state index in [2.05, 4.69) is 22.0 Å². The van der Waals surface area contributed by atoms with Crippen LogP contribution in [-0.2, 0) is 0 Å². The molecular formula is C15H19BrO. The molecule has 1 nitrogen and oxygen atoms in total. The molecule has 0 saturated heterocycles. The van der Waals surface area contributed by atoms with Gasteiger partial charge in [0.05, 0.1) is 0 Å². The van der Waals surface area contributed by atoms with Gasteiger partial charge in [-0.25, -0.2) is 0 Å². The summed E-state index contributed by atoms with van der Waals surface area (Å²) in [7, 11) is 0. The van der Waals surface area contributed by atoms with Crippen molar-refractivity contribution in [3.8, 4) is 0 Å². The van der Waals surface area contributed by atoms with Gasteiger partial charge in [0.1, 0.15) is 0 Å². The summed E-state index contributed by atoms with van der Waals surface area (Å²) < 4.78 is 1.09. The van der Waals surface area contributed by atoms with Crippen molar-refractivity contribution >= 4 is 21.7 Å². The highest BCUT2D eigenvalue weighted by molar-refractivity contribution is 9.10. The average Bonchev–Trinajstić information content (AvgIpc) is 2.76. The van der Waals surface area contributed by atoms with Crippen molar-refractivity contribution in [2.24, 2.45) is 5.92 Å². The van der Waals surface area contributed by atoms with Gasteiger partial charge in [0.25, 0.3) is 0 Å². The minimum absolute atomic E-state index is 0.324. The Hall–Kier alpha value is -0.630. The van der Waals surface area contributed by atoms with Crippen LogP contribution in [-0.4, -0.2) is 5.78 Å². The molecule has 1 aromatic rings. The summed E-state index contributed by atoms with van der Waals surface area (Å²) >= 11 is 3.51. The molecule has 1 fully saturated rings. The number of hydrogen-bond acceptors (Lipinski definition) is 1. The molecule has 17 heavy (non-hydrogen) atoms. The van der Waals surface area contributed by atoms with Gasteiger partial charge in [0.15, 0.2) is 5.78 Å². The van der Waals surface area contributed by atoms with Gasteiger partial charge in [0.2, 0.25) is 0 Å². The van der Waals surface area contributed by atoms with E-state index in [1.165, 1.54) is 25.7 Å². The summed E-state index contributed by atoms with van der Waals surface area (Å²) in [6.45, 7) is 4.06. The molecule has 0 spiro atoms. The molecule has 0 unspecified atom stereocenters. The summed E-state index contributed by atoms with van der Waals surface area (Å²) in [6.07, 6.45) is 5.81. The first-order valence-electron chi connectivity index (χ1n) is 6.38. The molecule has 1 aliphatic rings. The highest BCUT2D eigenvalue weighted by atomic mass is 79.9. The molecule has 0 heterocycles. The van der Waals surface area contributed by atoms with Crippen molar-refractivity contribution in [3.05, 3.63) is 33.3 Å². The molecule has 0 N–H and O–H groups in total. The molecular weight excluding hydrogens is 276 g/mol. The Balaban J connectivity index is 2.15. The first kappa shape index (κ1) is 12.8. The summed E-state index contributed by atoms with van der Waals surface area (Å²) in [6, 6.07) is 4.08. The Morgan fingerprint density at radius 3 is 2.53 bits per heavy atom. The third-order valence-corrected chi connectivity index (χ3v) is 4.61. The molecule has 2 heteroatoms. The lowest BCUT2D eigenvalue weighted by Gasteiger charge is -2.11. The zero-order valence-corrected chi connectivity index (χ0v) is 12.1. The first-order valence-corrected chi connectivity index (χ1v) is 7.17. The molecule has 0 atom stereocenters. The van der Waals surface area contributed by atoms with E-state index in [1.54, 1.807) is 0 Å². The number of carbonyl (C=O) groups is 1. The third-order valence-electron chi connectivity index (χ3n) is 3.75. The number of carbonyl (C=O) groups excluding carboxylic acids is 1. The lowest BCUT2D eigenvalue weighted by molar-refractivity contribution is 0.0961. The van der Waals surface area contributed by atoms with Crippen LogP contribution < -0.4 is 0 Å². The lowest BCUT2D eigenvalue weighted by atomic mass is 9.94. The van der Waals surface area contributed by atoms with Crippen LogP contribution in [0.15, 0.2) is 16.6 Å². The molecule has 0 radical (unpaired) electrons. The average molecular weight is 295 g/mol. The minimum Gasteiger partial charge on any atom is -0.294 e. The second-order valence-corrected chi connectivity index (χ2v) is 6.05. The molecule has 0 aliphatic heterocycles. The van der Waals surface area contributed by atoms with E-state index in [9.17, 15) is 4.79 Å². The van der Waals surface area contributed by atoms with Gasteiger partial charge in [-0.2, -0.15) is 0 Å². The van der Waals surface area contributed by atoms with Gasteiger partial charge in [-0.3, -0.25) is 4.79 Å². The molecule has 1 aromatic carbocycles. The zero-order chi connectivity index (χ0) is 12.4. The number of hydrogen-bond donors (Lipinski definition) is 0. The van der Waals surface area contributed by atoms with Crippen molar-refractivity contribution in [1.82, 2.24) is 0 Å². The maximum absolute atomic E-state index is 12.3. The second-order valence-electron chi connectivity index (χ2n) is 5.19. The third kappa shape index (κ3) is 2.98. The van der Waals surface area contributed by atoms with Gasteiger partial charge in [-0.05, 0) is 43.0 Å². The molecule has 1 saturated carbocycles. The number of benzene rings is 1. The Labute approximate surface area is 112 Å². The first-order chi connectivity index (χ1) is 8.08. The van der Waals surface area contributed by atoms with E-state index in [1.807, 2.05) is 19.9 Å². The van der Waals surface area contributed by atoms with Crippen LogP contribution in [0.2, 0.25) is 0 Å². The quantitative estimate of drug-likeness (QED) is 0.730. The molecule has 0 bridgehead atoms. The monoisotopic (exact) mass is 294 g/mol. The Morgan fingerprint density at radius 1 is 1.24 bits per heavy atom. The lowest BCUT2D eigenvalue weighted by Crippen LogP contribution is -2.08. The molecule has 92 valence electrons. The van der Waals surface area contributed by atoms with E-state index in [0.717, 1.165) is 27.6 Å². The fourth-order valence-corrected chi connectivity index (χ4v) is 3.13. The second kappa shape index (κ2) is 5.34. The number of ketones is 1. The van der Waals surface area contributed by atoms with Crippen molar-refractivity contribution in [2.75, 3.05) is 0 Å². The molecule has 0 aromatic heterocycles. The maximum atomic E-state index is 12.3. The van der Waals surface area contributed by atoms with Gasteiger partial charge in [-0.15, -0.1) is 0 Å². The van der Waals surface area contributed by atoms with Crippen LogP contribution in [0.4, 0.5) is 0 Å². The van der Waals surface area contributed by atoms with E-state index in [-0.39, 0.29) is 0 Å². The van der Waals surface area contributed by atoms with Crippen LogP contribution >= 0.6 is 15.9 Å². The standard InChI is InChI=1S/C15H19BrO/c1-10-8-14(16)11(2)7-13(10)15(17)9-12-5-3-4-6-12/h7-8,12H,3-6,9H2,1-2H3. The Morgan fingerprint density at radius 2 is 1.88 bits per heavy atom. The van der Waals surface area contributed by atoms with Gasteiger partial charge in [-0.1, -0.05) is 41.6 Å². The summed E-state index contributed by atoms with van der Waals surface area (Å²) in [5.41, 5.74) is 3.15. The maximum Gasteiger partial charge on any atom is 0.163 e. The SMILES string of the molecule is Cc1cc(C(=O)CC2CCCC2)c(C)cc1Br. The van der Waals surface area contributed by atoms with Gasteiger partial charge in [0, 0.05) is 16.5 Å². The fraction of sp³-hybridized carbons (Fsp3) is 0.533. The Bertz CT molecular complexity index is 431. The number of halogens is 1. The van der Waals surface area contributed by atoms with Crippen LogP contribution in [0.5, 0.6) is 0 Å². The summed E-state index contributed by atoms with van der Waals surface area (Å²) in [5, 5.41) is 0. The van der Waals surface area contributed by atoms with E-state index in [0.29, 0.717) is 11.7 Å². The Kier molecular flexibility index (Phi) is 4.03. The van der Waals surface area contributed by atoms with Gasteiger partial charge >= 0.3 is 0 Å². The van der Waals surface area contributed by atoms with E-state index in [4.69, 9.17) is 0 Å². The highest BCUT2D eigenvalue weighted by Crippen LogP contribution is 2.30. The fourth-order valence-electron chi connectivity index (χ4n) is 2.67. The van der Waals surface area contributed by atoms with Crippen LogP contribution in [0.3, 0.4) is 0 Å². The van der Waals surface area contributed by atoms with Crippen molar-refractivity contribution < 1.29 is 4.79 Å². The van der Waals surface area contributed by atoms with Crippen molar-refractivity contribution in [2.45, 2.75) is 46.0 Å².